The van der Waals surface area contributed by atoms with Crippen molar-refractivity contribution in [3.05, 3.63) is 80.2 Å². The molecule has 2 aromatic carbocycles. The molecule has 2 aromatic heterocycles. The molecule has 4 aromatic rings. The molecule has 0 spiro atoms. The number of rotatable bonds is 7. The van der Waals surface area contributed by atoms with Gasteiger partial charge < -0.3 is 18.5 Å². The van der Waals surface area contributed by atoms with E-state index in [1.165, 1.54) is 29.1 Å². The molecule has 2 heterocycles. The van der Waals surface area contributed by atoms with Crippen LogP contribution in [0.3, 0.4) is 0 Å². The first-order chi connectivity index (χ1) is 20.7. The van der Waals surface area contributed by atoms with Crippen LogP contribution in [0.4, 0.5) is 13.2 Å². The van der Waals surface area contributed by atoms with Crippen molar-refractivity contribution in [2.24, 2.45) is 0 Å². The Labute approximate surface area is 259 Å². The number of aromatic nitrogens is 1. The summed E-state index contributed by atoms with van der Waals surface area (Å²) in [5.41, 5.74) is -0.172. The van der Waals surface area contributed by atoms with Crippen molar-refractivity contribution in [3.8, 4) is 21.9 Å². The Balaban J connectivity index is 1.77. The van der Waals surface area contributed by atoms with E-state index in [2.05, 4.69) is 33.9 Å². The van der Waals surface area contributed by atoms with E-state index in [1.807, 2.05) is 6.07 Å². The molecule has 44 heavy (non-hydrogen) atoms. The summed E-state index contributed by atoms with van der Waals surface area (Å²) in [6, 6.07) is 5.90. The first kappa shape index (κ1) is 32.0. The van der Waals surface area contributed by atoms with Crippen molar-refractivity contribution < 1.29 is 31.9 Å². The van der Waals surface area contributed by atoms with Gasteiger partial charge in [-0.1, -0.05) is 20.8 Å². The van der Waals surface area contributed by atoms with Crippen LogP contribution in [0.25, 0.3) is 27.0 Å². The number of fused-ring (bicyclic) bond motifs is 2. The molecule has 0 radical (unpaired) electrons. The van der Waals surface area contributed by atoms with Gasteiger partial charge in [-0.25, -0.2) is 18.0 Å². The highest BCUT2D eigenvalue weighted by Gasteiger charge is 2.41. The van der Waals surface area contributed by atoms with E-state index in [4.69, 9.17) is 13.9 Å². The zero-order valence-corrected chi connectivity index (χ0v) is 27.7. The fraction of sp³-hybridized carbons (Fsp3) is 0.394. The van der Waals surface area contributed by atoms with Gasteiger partial charge in [-0.2, -0.15) is 0 Å². The van der Waals surface area contributed by atoms with Crippen LogP contribution in [0.2, 0.25) is 18.1 Å². The number of pyridine rings is 1. The van der Waals surface area contributed by atoms with Crippen LogP contribution in [-0.2, 0) is 15.6 Å². The van der Waals surface area contributed by atoms with Gasteiger partial charge in [0.1, 0.15) is 28.5 Å². The fourth-order valence-electron chi connectivity index (χ4n) is 5.36. The molecule has 11 heteroatoms. The topological polar surface area (TPSA) is 66.8 Å². The van der Waals surface area contributed by atoms with Crippen molar-refractivity contribution >= 4 is 36.5 Å². The summed E-state index contributed by atoms with van der Waals surface area (Å²) in [6.45, 7) is 12.6. The fourth-order valence-corrected chi connectivity index (χ4v) is 8.07. The first-order valence-electron chi connectivity index (χ1n) is 14.6. The summed E-state index contributed by atoms with van der Waals surface area (Å²) in [6.07, 6.45) is 3.61. The minimum atomic E-state index is -2.11. The number of nitrogens with zero attached hydrogens (tertiary/aromatic N) is 1. The number of halogens is 3. The Bertz CT molecular complexity index is 1830. The lowest BCUT2D eigenvalue weighted by Gasteiger charge is -2.40. The number of benzene rings is 2. The normalized spacial score (nSPS) is 15.4. The van der Waals surface area contributed by atoms with Crippen LogP contribution < -0.4 is 10.2 Å². The second kappa shape index (κ2) is 11.8. The van der Waals surface area contributed by atoms with Crippen molar-refractivity contribution in [1.29, 1.82) is 0 Å². The van der Waals surface area contributed by atoms with Gasteiger partial charge in [-0.3, -0.25) is 4.79 Å². The third-order valence-electron chi connectivity index (χ3n) is 8.60. The minimum Gasteiger partial charge on any atom is -0.494 e. The maximum Gasteiger partial charge on any atom is 0.343 e. The van der Waals surface area contributed by atoms with Gasteiger partial charge in [0.05, 0.1) is 36.5 Å². The Morgan fingerprint density at radius 1 is 1.11 bits per heavy atom. The Morgan fingerprint density at radius 2 is 1.84 bits per heavy atom. The smallest absolute Gasteiger partial charge is 0.343 e. The third kappa shape index (κ3) is 5.61. The zero-order valence-electron chi connectivity index (χ0n) is 25.9. The number of carbonyl (C=O) groups is 1. The number of aryl methyl sites for hydroxylation is 1. The van der Waals surface area contributed by atoms with Gasteiger partial charge in [-0.15, -0.1) is 11.3 Å². The summed E-state index contributed by atoms with van der Waals surface area (Å²) in [5.74, 6) is -3.46. The molecule has 1 aliphatic rings. The number of esters is 1. The highest BCUT2D eigenvalue weighted by atomic mass is 32.1. The average molecular weight is 644 g/mol. The number of hydrogen-bond donors (Lipinski definition) is 0. The quantitative estimate of drug-likeness (QED) is 0.149. The Morgan fingerprint density at radius 3 is 2.48 bits per heavy atom. The predicted octanol–water partition coefficient (Wildman–Crippen LogP) is 8.72. The molecule has 0 fully saturated rings. The molecule has 0 aliphatic heterocycles. The van der Waals surface area contributed by atoms with E-state index in [1.54, 1.807) is 6.92 Å². The van der Waals surface area contributed by atoms with Crippen LogP contribution in [0.1, 0.15) is 67.4 Å². The van der Waals surface area contributed by atoms with Gasteiger partial charge in [0.25, 0.3) is 0 Å². The lowest BCUT2D eigenvalue weighted by molar-refractivity contribution is 0.0524. The van der Waals surface area contributed by atoms with Crippen molar-refractivity contribution in [1.82, 2.24) is 4.57 Å². The number of thiophene rings is 1. The van der Waals surface area contributed by atoms with E-state index < -0.39 is 42.7 Å². The second-order valence-electron chi connectivity index (χ2n) is 12.5. The van der Waals surface area contributed by atoms with Crippen LogP contribution in [0.15, 0.2) is 41.3 Å². The number of carbonyl (C=O) groups excluding carboxylic acids is 1. The SMILES string of the molecule is CCOC(=O)c1cn(-c2ccc(F)cc2F)c2c(OC)c(-c3cc4c(s3)C(O[Si](C)(C)C(C)(C)C)CCC4)c(F)cc2c1=O. The molecular formula is C33H36F3NO5SSi. The maximum absolute atomic E-state index is 16.2. The average Bonchev–Trinajstić information content (AvgIpc) is 3.37. The number of methoxy groups -OCH3 is 1. The summed E-state index contributed by atoms with van der Waals surface area (Å²) in [4.78, 5) is 27.9. The van der Waals surface area contributed by atoms with E-state index in [9.17, 15) is 14.0 Å². The van der Waals surface area contributed by atoms with Crippen LogP contribution in [0.5, 0.6) is 5.75 Å². The first-order valence-corrected chi connectivity index (χ1v) is 18.3. The van der Waals surface area contributed by atoms with Crippen LogP contribution >= 0.6 is 11.3 Å². The highest BCUT2D eigenvalue weighted by Crippen LogP contribution is 2.49. The Kier molecular flexibility index (Phi) is 8.60. The largest absolute Gasteiger partial charge is 0.494 e. The summed E-state index contributed by atoms with van der Waals surface area (Å²) >= 11 is 1.42. The van der Waals surface area contributed by atoms with Crippen molar-refractivity contribution in [2.75, 3.05) is 13.7 Å². The summed E-state index contributed by atoms with van der Waals surface area (Å²) < 4.78 is 64.2. The molecular weight excluding hydrogens is 608 g/mol. The van der Waals surface area contributed by atoms with Gasteiger partial charge in [0.2, 0.25) is 5.43 Å². The lowest BCUT2D eigenvalue weighted by Crippen LogP contribution is -2.42. The van der Waals surface area contributed by atoms with Gasteiger partial charge in [0, 0.05) is 22.0 Å². The molecule has 234 valence electrons. The molecule has 1 unspecified atom stereocenters. The van der Waals surface area contributed by atoms with E-state index in [0.717, 1.165) is 48.0 Å². The molecule has 0 saturated carbocycles. The van der Waals surface area contributed by atoms with Gasteiger partial charge >= 0.3 is 5.97 Å². The minimum absolute atomic E-state index is 0.0129. The second-order valence-corrected chi connectivity index (χ2v) is 18.3. The zero-order chi connectivity index (χ0) is 32.1. The van der Waals surface area contributed by atoms with E-state index in [0.29, 0.717) is 10.9 Å². The number of hydrogen-bond acceptors (Lipinski definition) is 6. The third-order valence-corrected chi connectivity index (χ3v) is 14.4. The van der Waals surface area contributed by atoms with Crippen LogP contribution in [0, 0.1) is 17.5 Å². The number of ether oxygens (including phenoxy) is 2. The molecule has 5 rings (SSSR count). The summed E-state index contributed by atoms with van der Waals surface area (Å²) in [5, 5.41) is -0.196. The predicted molar refractivity (Wildman–Crippen MR) is 169 cm³/mol. The highest BCUT2D eigenvalue weighted by molar-refractivity contribution is 7.15. The van der Waals surface area contributed by atoms with Crippen molar-refractivity contribution in [3.63, 3.8) is 0 Å². The molecule has 0 bridgehead atoms. The Hall–Kier alpha value is -3.41. The van der Waals surface area contributed by atoms with Gasteiger partial charge in [-0.05, 0) is 74.1 Å². The molecule has 0 amide bonds. The monoisotopic (exact) mass is 643 g/mol. The molecule has 6 nitrogen and oxygen atoms in total. The van der Waals surface area contributed by atoms with E-state index >= 15 is 8.78 Å². The van der Waals surface area contributed by atoms with Gasteiger partial charge in [0.15, 0.2) is 14.1 Å². The molecule has 0 N–H and O–H groups in total. The lowest BCUT2D eigenvalue weighted by atomic mass is 9.96. The molecule has 1 aliphatic carbocycles. The van der Waals surface area contributed by atoms with Crippen LogP contribution in [-0.4, -0.2) is 32.6 Å². The maximum atomic E-state index is 16.2. The standard InChI is InChI=1S/C33H36F3NO5SSi/c1-8-41-32(39)21-17-37(24-13-12-19(34)15-22(24)35)28-20(29(21)38)16-23(36)27(30(28)40-5)26-14-18-10-9-11-25(31(18)43-26)42-44(6,7)33(2,3)4/h12-17,25H,8-11H2,1-7H3. The van der Waals surface area contributed by atoms with Crippen molar-refractivity contribution in [2.45, 2.75) is 71.2 Å². The van der Waals surface area contributed by atoms with E-state index in [-0.39, 0.29) is 45.7 Å². The summed E-state index contributed by atoms with van der Waals surface area (Å²) in [7, 11) is -0.770. The molecule has 1 atom stereocenters. The molecule has 0 saturated heterocycles.